The van der Waals surface area contributed by atoms with E-state index in [9.17, 15) is 28.3 Å². The highest BCUT2D eigenvalue weighted by Gasteiger charge is 2.51. The molecule has 2 amide bonds. The van der Waals surface area contributed by atoms with Crippen molar-refractivity contribution in [1.29, 1.82) is 0 Å². The van der Waals surface area contributed by atoms with Crippen LogP contribution in [-0.4, -0.2) is 74.4 Å². The molecule has 10 nitrogen and oxygen atoms in total. The molecule has 13 heteroatoms. The Morgan fingerprint density at radius 2 is 1.83 bits per heavy atom. The lowest BCUT2D eigenvalue weighted by Crippen LogP contribution is -2.69. The second-order valence-corrected chi connectivity index (χ2v) is 12.1. The molecule has 1 N–H and O–H groups in total. The number of aromatic hydroxyl groups is 1. The Morgan fingerprint density at radius 1 is 1.12 bits per heavy atom. The van der Waals surface area contributed by atoms with Crippen molar-refractivity contribution in [3.63, 3.8) is 0 Å². The van der Waals surface area contributed by atoms with Crippen LogP contribution in [0.5, 0.6) is 5.75 Å². The van der Waals surface area contributed by atoms with Crippen LogP contribution in [0.1, 0.15) is 59.6 Å². The summed E-state index contributed by atoms with van der Waals surface area (Å²) in [5.41, 5.74) is -1.39. The van der Waals surface area contributed by atoms with Crippen LogP contribution >= 0.6 is 11.3 Å². The molecule has 0 bridgehead atoms. The summed E-state index contributed by atoms with van der Waals surface area (Å²) in [4.78, 5) is 43.3. The summed E-state index contributed by atoms with van der Waals surface area (Å²) in [5.74, 6) is -2.49. The number of carbonyl (C=O) groups excluding carboxylic acids is 2. The first-order chi connectivity index (χ1) is 19.6. The Labute approximate surface area is 238 Å². The van der Waals surface area contributed by atoms with Crippen molar-refractivity contribution >= 4 is 23.2 Å². The molecule has 1 saturated heterocycles. The maximum atomic E-state index is 14.2. The summed E-state index contributed by atoms with van der Waals surface area (Å²) in [6, 6.07) is 3.28. The van der Waals surface area contributed by atoms with E-state index in [0.29, 0.717) is 30.7 Å². The van der Waals surface area contributed by atoms with E-state index < -0.39 is 34.4 Å². The lowest BCUT2D eigenvalue weighted by molar-refractivity contribution is -0.136. The number of benzene rings is 1. The van der Waals surface area contributed by atoms with E-state index >= 15 is 0 Å². The van der Waals surface area contributed by atoms with Crippen molar-refractivity contribution in [3.8, 4) is 16.3 Å². The minimum atomic E-state index is -0.766. The van der Waals surface area contributed by atoms with Gasteiger partial charge in [-0.25, -0.2) is 8.78 Å². The maximum Gasteiger partial charge on any atom is 0.278 e. The minimum absolute atomic E-state index is 0.0473. The fourth-order valence-corrected chi connectivity index (χ4v) is 7.26. The maximum absolute atomic E-state index is 14.2. The third-order valence-corrected chi connectivity index (χ3v) is 9.79. The normalized spacial score (nSPS) is 22.5. The zero-order chi connectivity index (χ0) is 29.1. The summed E-state index contributed by atoms with van der Waals surface area (Å²) in [6.45, 7) is 1.60. The van der Waals surface area contributed by atoms with Crippen LogP contribution in [0.4, 0.5) is 8.78 Å². The molecule has 41 heavy (non-hydrogen) atoms. The van der Waals surface area contributed by atoms with Gasteiger partial charge in [-0.15, -0.1) is 10.2 Å². The Bertz CT molecular complexity index is 1590. The lowest BCUT2D eigenvalue weighted by atomic mass is 9.79. The zero-order valence-corrected chi connectivity index (χ0v) is 23.6. The van der Waals surface area contributed by atoms with E-state index in [2.05, 4.69) is 10.2 Å². The number of amides is 2. The third-order valence-electron chi connectivity index (χ3n) is 8.83. The summed E-state index contributed by atoms with van der Waals surface area (Å²) in [7, 11) is 3.46. The third kappa shape index (κ3) is 4.46. The first-order valence-corrected chi connectivity index (χ1v) is 14.5. The molecule has 0 radical (unpaired) electrons. The number of nitrogens with zero attached hydrogens (tertiary/aromatic N) is 6. The van der Waals surface area contributed by atoms with Crippen molar-refractivity contribution in [3.05, 3.63) is 62.5 Å². The van der Waals surface area contributed by atoms with E-state index in [1.807, 2.05) is 9.91 Å². The second kappa shape index (κ2) is 10.2. The average Bonchev–Trinajstić information content (AvgIpc) is 3.67. The molecule has 1 aromatic carbocycles. The molecule has 2 fully saturated rings. The summed E-state index contributed by atoms with van der Waals surface area (Å²) in [6.07, 6.45) is 5.91. The standard InChI is InChI=1S/C28H30F2N6O4S/c1-33-27(40)22-24(38)23(37)19(25-32-31-21(41-25)13-17-5-6-18(29)14-20(17)30)15-36(22)34(2)28(33)9-7-16(8-10-28)26(39)35-11-3-4-12-35/h5-6,14-16,38H,3-4,7-13H2,1-2H3. The molecule has 2 aromatic heterocycles. The second-order valence-electron chi connectivity index (χ2n) is 11.0. The van der Waals surface area contributed by atoms with Gasteiger partial charge in [-0.05, 0) is 50.2 Å². The molecule has 1 spiro atoms. The molecular weight excluding hydrogens is 554 g/mol. The van der Waals surface area contributed by atoms with Crippen LogP contribution in [0.3, 0.4) is 0 Å². The highest BCUT2D eigenvalue weighted by atomic mass is 32.1. The van der Waals surface area contributed by atoms with E-state index in [0.717, 1.165) is 49.4 Å². The predicted octanol–water partition coefficient (Wildman–Crippen LogP) is 3.10. The van der Waals surface area contributed by atoms with Crippen molar-refractivity contribution in [1.82, 2.24) is 24.7 Å². The van der Waals surface area contributed by atoms with Gasteiger partial charge in [0.05, 0.1) is 5.56 Å². The highest BCUT2D eigenvalue weighted by molar-refractivity contribution is 7.14. The molecule has 1 aliphatic carbocycles. The van der Waals surface area contributed by atoms with Gasteiger partial charge < -0.3 is 14.9 Å². The van der Waals surface area contributed by atoms with Crippen molar-refractivity contribution in [2.75, 3.05) is 32.2 Å². The molecule has 4 heterocycles. The number of aromatic nitrogens is 3. The predicted molar refractivity (Wildman–Crippen MR) is 147 cm³/mol. The number of halogens is 2. The Balaban J connectivity index is 1.30. The van der Waals surface area contributed by atoms with Gasteiger partial charge in [0.2, 0.25) is 11.3 Å². The number of fused-ring (bicyclic) bond motifs is 1. The molecule has 216 valence electrons. The lowest BCUT2D eigenvalue weighted by Gasteiger charge is -2.55. The molecule has 0 atom stereocenters. The van der Waals surface area contributed by atoms with Gasteiger partial charge in [-0.3, -0.25) is 24.1 Å². The average molecular weight is 585 g/mol. The number of rotatable bonds is 4. The summed E-state index contributed by atoms with van der Waals surface area (Å²) in [5, 5.41) is 21.6. The SMILES string of the molecule is CN1C(=O)c2c(O)c(=O)c(-c3nnc(Cc4ccc(F)cc4F)s3)cn2N(C)C12CCC(C(=O)N1CCCC1)CC2. The Kier molecular flexibility index (Phi) is 6.79. The van der Waals surface area contributed by atoms with Crippen LogP contribution in [0, 0.1) is 17.6 Å². The number of hydrogen-bond acceptors (Lipinski definition) is 8. The number of hydrogen-bond donors (Lipinski definition) is 1. The van der Waals surface area contributed by atoms with Crippen LogP contribution < -0.4 is 10.4 Å². The van der Waals surface area contributed by atoms with E-state index in [-0.39, 0.29) is 40.1 Å². The van der Waals surface area contributed by atoms with Gasteiger partial charge in [0.1, 0.15) is 22.3 Å². The van der Waals surface area contributed by atoms with Gasteiger partial charge in [-0.2, -0.15) is 0 Å². The molecule has 2 aliphatic heterocycles. The van der Waals surface area contributed by atoms with Crippen molar-refractivity contribution in [2.24, 2.45) is 5.92 Å². The summed E-state index contributed by atoms with van der Waals surface area (Å²) < 4.78 is 29.0. The molecule has 6 rings (SSSR count). The summed E-state index contributed by atoms with van der Waals surface area (Å²) >= 11 is 1.05. The number of pyridine rings is 1. The van der Waals surface area contributed by atoms with Gasteiger partial charge in [-0.1, -0.05) is 17.4 Å². The topological polar surface area (TPSA) is 112 Å². The highest BCUT2D eigenvalue weighted by Crippen LogP contribution is 2.42. The smallest absolute Gasteiger partial charge is 0.278 e. The fraction of sp³-hybridized carbons (Fsp3) is 0.464. The molecule has 3 aromatic rings. The van der Waals surface area contributed by atoms with Crippen LogP contribution in [-0.2, 0) is 11.2 Å². The fourth-order valence-electron chi connectivity index (χ4n) is 6.39. The molecule has 1 saturated carbocycles. The number of carbonyl (C=O) groups is 2. The van der Waals surface area contributed by atoms with Gasteiger partial charge in [0.15, 0.2) is 16.5 Å². The molecule has 0 unspecified atom stereocenters. The van der Waals surface area contributed by atoms with Gasteiger partial charge >= 0.3 is 0 Å². The van der Waals surface area contributed by atoms with Crippen LogP contribution in [0.15, 0.2) is 29.2 Å². The molecular formula is C28H30F2N6O4S. The first kappa shape index (κ1) is 27.3. The Hall–Kier alpha value is -3.87. The van der Waals surface area contributed by atoms with Crippen LogP contribution in [0.2, 0.25) is 0 Å². The minimum Gasteiger partial charge on any atom is -0.502 e. The van der Waals surface area contributed by atoms with E-state index in [1.54, 1.807) is 19.0 Å². The quantitative estimate of drug-likeness (QED) is 0.502. The van der Waals surface area contributed by atoms with Crippen molar-refractivity contribution in [2.45, 2.75) is 50.6 Å². The monoisotopic (exact) mass is 584 g/mol. The first-order valence-electron chi connectivity index (χ1n) is 13.7. The van der Waals surface area contributed by atoms with Gasteiger partial charge in [0.25, 0.3) is 5.91 Å². The Morgan fingerprint density at radius 3 is 2.51 bits per heavy atom. The van der Waals surface area contributed by atoms with E-state index in [1.165, 1.54) is 16.9 Å². The van der Waals surface area contributed by atoms with Crippen molar-refractivity contribution < 1.29 is 23.5 Å². The molecule has 3 aliphatic rings. The van der Waals surface area contributed by atoms with Gasteiger partial charge in [0, 0.05) is 51.8 Å². The number of likely N-dealkylation sites (tertiary alicyclic amines) is 1. The van der Waals surface area contributed by atoms with E-state index in [4.69, 9.17) is 0 Å². The van der Waals surface area contributed by atoms with Crippen LogP contribution in [0.25, 0.3) is 10.6 Å². The zero-order valence-electron chi connectivity index (χ0n) is 22.8. The largest absolute Gasteiger partial charge is 0.502 e.